The Labute approximate surface area is 209 Å². The van der Waals surface area contributed by atoms with Gasteiger partial charge in [0.15, 0.2) is 5.78 Å². The minimum absolute atomic E-state index is 0.0147. The average molecular weight is 496 g/mol. The molecule has 0 unspecified atom stereocenters. The lowest BCUT2D eigenvalue weighted by Gasteiger charge is -2.36. The monoisotopic (exact) mass is 495 g/mol. The van der Waals surface area contributed by atoms with Crippen LogP contribution in [-0.2, 0) is 14.3 Å². The maximum absolute atomic E-state index is 13.7. The molecule has 4 rings (SSSR count). The molecule has 5 nitrogen and oxygen atoms in total. The van der Waals surface area contributed by atoms with Crippen molar-refractivity contribution >= 4 is 23.5 Å². The van der Waals surface area contributed by atoms with Crippen LogP contribution in [0, 0.1) is 5.82 Å². The molecule has 0 fully saturated rings. The third-order valence-electron chi connectivity index (χ3n) is 6.50. The summed E-state index contributed by atoms with van der Waals surface area (Å²) in [5.41, 5.74) is 4.22. The zero-order chi connectivity index (χ0) is 24.9. The summed E-state index contributed by atoms with van der Waals surface area (Å²) in [6, 6.07) is 13.8. The molecule has 35 heavy (non-hydrogen) atoms. The number of thioether (sulfide) groups is 1. The molecule has 2 aromatic carbocycles. The van der Waals surface area contributed by atoms with Crippen LogP contribution in [-0.4, -0.2) is 37.0 Å². The third-order valence-corrected chi connectivity index (χ3v) is 7.37. The molecule has 1 heterocycles. The number of dihydropyridines is 1. The van der Waals surface area contributed by atoms with Gasteiger partial charge in [-0.25, -0.2) is 9.18 Å². The van der Waals surface area contributed by atoms with Gasteiger partial charge in [-0.2, -0.15) is 11.8 Å². The molecular formula is C28H30FNO4S. The highest BCUT2D eigenvalue weighted by Gasteiger charge is 2.41. The van der Waals surface area contributed by atoms with Crippen molar-refractivity contribution in [3.63, 3.8) is 0 Å². The molecule has 2 aromatic rings. The lowest BCUT2D eigenvalue weighted by atomic mass is 9.72. The normalized spacial score (nSPS) is 19.8. The summed E-state index contributed by atoms with van der Waals surface area (Å²) in [6.45, 7) is 4.18. The maximum Gasteiger partial charge on any atom is 0.336 e. The first-order valence-corrected chi connectivity index (χ1v) is 13.0. The van der Waals surface area contributed by atoms with Crippen molar-refractivity contribution < 1.29 is 23.5 Å². The number of carbonyl (C=O) groups excluding carboxylic acids is 2. The van der Waals surface area contributed by atoms with E-state index in [1.807, 2.05) is 31.2 Å². The Morgan fingerprint density at radius 2 is 1.77 bits per heavy atom. The van der Waals surface area contributed by atoms with Gasteiger partial charge >= 0.3 is 5.97 Å². The molecule has 7 heteroatoms. The van der Waals surface area contributed by atoms with Crippen molar-refractivity contribution in [2.75, 3.05) is 25.2 Å². The van der Waals surface area contributed by atoms with Gasteiger partial charge in [0.25, 0.3) is 0 Å². The van der Waals surface area contributed by atoms with Crippen LogP contribution >= 0.6 is 11.8 Å². The highest BCUT2D eigenvalue weighted by atomic mass is 32.2. The number of allylic oxidation sites excluding steroid dienone is 3. The fraction of sp³-hybridized carbons (Fsp3) is 0.357. The van der Waals surface area contributed by atoms with E-state index in [0.717, 1.165) is 22.8 Å². The number of benzene rings is 2. The molecule has 0 radical (unpaired) electrons. The van der Waals surface area contributed by atoms with Crippen LogP contribution < -0.4 is 10.1 Å². The molecule has 1 aliphatic carbocycles. The molecule has 0 spiro atoms. The van der Waals surface area contributed by atoms with E-state index in [2.05, 4.69) is 12.2 Å². The van der Waals surface area contributed by atoms with Crippen molar-refractivity contribution in [2.24, 2.45) is 0 Å². The Morgan fingerprint density at radius 3 is 2.43 bits per heavy atom. The number of methoxy groups -OCH3 is 1. The molecule has 0 saturated heterocycles. The summed E-state index contributed by atoms with van der Waals surface area (Å²) in [6.07, 6.45) is 0.969. The number of rotatable bonds is 8. The van der Waals surface area contributed by atoms with Gasteiger partial charge in [-0.1, -0.05) is 31.2 Å². The van der Waals surface area contributed by atoms with Crippen LogP contribution in [0.5, 0.6) is 5.75 Å². The first-order valence-electron chi connectivity index (χ1n) is 11.8. The molecule has 2 aliphatic rings. The standard InChI is InChI=1S/C28H30FNO4S/c1-4-35-14-13-34-28(32)25-17(2)30-23-15-20(18-7-11-22(33-3)12-8-18)16-24(31)27(23)26(25)19-5-9-21(29)10-6-19/h5-12,20,26,30H,4,13-16H2,1-3H3/t20-,26+/m1/s1. The minimum Gasteiger partial charge on any atom is -0.497 e. The van der Waals surface area contributed by atoms with Gasteiger partial charge in [-0.15, -0.1) is 0 Å². The van der Waals surface area contributed by atoms with Crippen molar-refractivity contribution in [2.45, 2.75) is 38.5 Å². The van der Waals surface area contributed by atoms with Crippen LogP contribution in [0.25, 0.3) is 0 Å². The Kier molecular flexibility index (Phi) is 7.96. The number of ether oxygens (including phenoxy) is 2. The molecule has 1 aliphatic heterocycles. The minimum atomic E-state index is -0.595. The van der Waals surface area contributed by atoms with Gasteiger partial charge in [0.05, 0.1) is 12.7 Å². The highest BCUT2D eigenvalue weighted by Crippen LogP contribution is 2.45. The lowest BCUT2D eigenvalue weighted by molar-refractivity contribution is -0.138. The van der Waals surface area contributed by atoms with E-state index in [0.29, 0.717) is 47.6 Å². The molecular weight excluding hydrogens is 465 g/mol. The number of halogens is 1. The maximum atomic E-state index is 13.7. The number of carbonyl (C=O) groups is 2. The van der Waals surface area contributed by atoms with Gasteiger partial charge in [-0.05, 0) is 60.4 Å². The predicted octanol–water partition coefficient (Wildman–Crippen LogP) is 5.49. The van der Waals surface area contributed by atoms with Gasteiger partial charge in [-0.3, -0.25) is 4.79 Å². The smallest absolute Gasteiger partial charge is 0.336 e. The van der Waals surface area contributed by atoms with E-state index in [1.165, 1.54) is 12.1 Å². The quantitative estimate of drug-likeness (QED) is 0.386. The number of esters is 1. The predicted molar refractivity (Wildman–Crippen MR) is 136 cm³/mol. The Hall–Kier alpha value is -3.06. The fourth-order valence-electron chi connectivity index (χ4n) is 4.83. The van der Waals surface area contributed by atoms with Crippen LogP contribution in [0.15, 0.2) is 71.1 Å². The number of Topliss-reactive ketones (excluding diaryl/α,β-unsaturated/α-hetero) is 1. The molecule has 2 atom stereocenters. The lowest BCUT2D eigenvalue weighted by Crippen LogP contribution is -2.36. The third kappa shape index (κ3) is 5.45. The fourth-order valence-corrected chi connectivity index (χ4v) is 5.32. The van der Waals surface area contributed by atoms with Crippen LogP contribution in [0.2, 0.25) is 0 Å². The first-order chi connectivity index (χ1) is 16.9. The topological polar surface area (TPSA) is 64.6 Å². The van der Waals surface area contributed by atoms with E-state index in [9.17, 15) is 14.0 Å². The first kappa shape index (κ1) is 25.0. The van der Waals surface area contributed by atoms with Crippen molar-refractivity contribution in [1.29, 1.82) is 0 Å². The van der Waals surface area contributed by atoms with E-state index in [1.54, 1.807) is 31.0 Å². The number of ketones is 1. The van der Waals surface area contributed by atoms with E-state index in [-0.39, 0.29) is 17.5 Å². The zero-order valence-corrected chi connectivity index (χ0v) is 21.0. The second kappa shape index (κ2) is 11.1. The summed E-state index contributed by atoms with van der Waals surface area (Å²) < 4.78 is 24.6. The van der Waals surface area contributed by atoms with Gasteiger partial charge in [0.1, 0.15) is 18.2 Å². The van der Waals surface area contributed by atoms with Gasteiger partial charge < -0.3 is 14.8 Å². The van der Waals surface area contributed by atoms with E-state index >= 15 is 0 Å². The van der Waals surface area contributed by atoms with Crippen molar-refractivity contribution in [3.8, 4) is 5.75 Å². The van der Waals surface area contributed by atoms with Crippen molar-refractivity contribution in [1.82, 2.24) is 5.32 Å². The summed E-state index contributed by atoms with van der Waals surface area (Å²) in [7, 11) is 1.62. The molecule has 0 amide bonds. The summed E-state index contributed by atoms with van der Waals surface area (Å²) in [4.78, 5) is 26.8. The second-order valence-electron chi connectivity index (χ2n) is 8.67. The number of hydrogen-bond donors (Lipinski definition) is 1. The van der Waals surface area contributed by atoms with E-state index < -0.39 is 11.9 Å². The Balaban J connectivity index is 1.69. The number of nitrogens with one attached hydrogen (secondary N) is 1. The zero-order valence-electron chi connectivity index (χ0n) is 20.2. The largest absolute Gasteiger partial charge is 0.497 e. The highest BCUT2D eigenvalue weighted by molar-refractivity contribution is 7.99. The van der Waals surface area contributed by atoms with Gasteiger partial charge in [0, 0.05) is 35.1 Å². The second-order valence-corrected chi connectivity index (χ2v) is 10.1. The summed E-state index contributed by atoms with van der Waals surface area (Å²) >= 11 is 1.69. The Morgan fingerprint density at radius 1 is 1.09 bits per heavy atom. The van der Waals surface area contributed by atoms with Crippen LogP contribution in [0.4, 0.5) is 4.39 Å². The number of hydrogen-bond acceptors (Lipinski definition) is 6. The Bertz CT molecular complexity index is 1150. The molecule has 0 saturated carbocycles. The van der Waals surface area contributed by atoms with Crippen LogP contribution in [0.3, 0.4) is 0 Å². The average Bonchev–Trinajstić information content (AvgIpc) is 2.86. The molecule has 184 valence electrons. The SMILES string of the molecule is CCSCCOC(=O)C1=C(C)NC2=C(C(=O)C[C@H](c3ccc(OC)cc3)C2)[C@H]1c1ccc(F)cc1. The van der Waals surface area contributed by atoms with E-state index in [4.69, 9.17) is 9.47 Å². The van der Waals surface area contributed by atoms with Crippen molar-refractivity contribution in [3.05, 3.63) is 88.0 Å². The molecule has 0 aromatic heterocycles. The summed E-state index contributed by atoms with van der Waals surface area (Å²) in [5, 5.41) is 3.35. The molecule has 1 N–H and O–H groups in total. The molecule has 0 bridgehead atoms. The summed E-state index contributed by atoms with van der Waals surface area (Å²) in [5.74, 6) is 1.00. The van der Waals surface area contributed by atoms with Gasteiger partial charge in [0.2, 0.25) is 0 Å². The van der Waals surface area contributed by atoms with Crippen LogP contribution in [0.1, 0.15) is 49.7 Å².